The second-order valence-corrected chi connectivity index (χ2v) is 2.51. The predicted molar refractivity (Wildman–Crippen MR) is 50.9 cm³/mol. The predicted octanol–water partition coefficient (Wildman–Crippen LogP) is 1.80. The van der Waals surface area contributed by atoms with E-state index in [0.29, 0.717) is 5.56 Å². The molecular weight excluding hydrogens is 182 g/mol. The molecule has 4 heteroatoms. The molecule has 0 atom stereocenters. The van der Waals surface area contributed by atoms with Crippen LogP contribution in [0.25, 0.3) is 0 Å². The fourth-order valence-electron chi connectivity index (χ4n) is 0.920. The average Bonchev–Trinajstić information content (AvgIpc) is 2.18. The third-order valence-corrected chi connectivity index (χ3v) is 1.58. The number of hydrogen-bond acceptors (Lipinski definition) is 3. The summed E-state index contributed by atoms with van der Waals surface area (Å²) < 4.78 is 0. The van der Waals surface area contributed by atoms with Crippen molar-refractivity contribution in [1.29, 1.82) is 0 Å². The Hall–Kier alpha value is -2.15. The number of Topliss-reactive ketones (excluding diaryl/α,β-unsaturated/α-hetero) is 1. The van der Waals surface area contributed by atoms with Crippen LogP contribution in [-0.4, -0.2) is 10.7 Å². The van der Waals surface area contributed by atoms with Gasteiger partial charge in [0.05, 0.1) is 4.92 Å². The lowest BCUT2D eigenvalue weighted by Gasteiger charge is -1.93. The molecule has 0 aliphatic heterocycles. The van der Waals surface area contributed by atoms with Crippen LogP contribution in [0.3, 0.4) is 0 Å². The highest BCUT2D eigenvalue weighted by Crippen LogP contribution is 2.11. The van der Waals surface area contributed by atoms with Gasteiger partial charge in [0.2, 0.25) is 5.78 Å². The molecule has 0 aromatic heterocycles. The first-order chi connectivity index (χ1) is 6.65. The van der Waals surface area contributed by atoms with Gasteiger partial charge in [-0.25, -0.2) is 0 Å². The second-order valence-electron chi connectivity index (χ2n) is 2.51. The van der Waals surface area contributed by atoms with Crippen LogP contribution in [0.15, 0.2) is 24.3 Å². The first-order valence-corrected chi connectivity index (χ1v) is 3.86. The summed E-state index contributed by atoms with van der Waals surface area (Å²) in [7, 11) is 0. The molecule has 70 valence electrons. The minimum atomic E-state index is -0.514. The van der Waals surface area contributed by atoms with Gasteiger partial charge in [0.1, 0.15) is 0 Å². The number of nitro benzene ring substituents is 1. The van der Waals surface area contributed by atoms with E-state index in [-0.39, 0.29) is 11.5 Å². The Morgan fingerprint density at radius 3 is 2.36 bits per heavy atom. The van der Waals surface area contributed by atoms with Crippen LogP contribution in [0.2, 0.25) is 0 Å². The Labute approximate surface area is 80.7 Å². The third-order valence-electron chi connectivity index (χ3n) is 1.58. The van der Waals surface area contributed by atoms with Crippen molar-refractivity contribution < 1.29 is 9.72 Å². The van der Waals surface area contributed by atoms with Crippen molar-refractivity contribution in [3.63, 3.8) is 0 Å². The third kappa shape index (κ3) is 2.17. The molecule has 0 spiro atoms. The van der Waals surface area contributed by atoms with Crippen LogP contribution in [0.1, 0.15) is 17.3 Å². The van der Waals surface area contributed by atoms with Gasteiger partial charge in [-0.15, -0.1) is 0 Å². The highest BCUT2D eigenvalue weighted by atomic mass is 16.6. The van der Waals surface area contributed by atoms with E-state index in [1.54, 1.807) is 6.92 Å². The van der Waals surface area contributed by atoms with E-state index in [9.17, 15) is 14.9 Å². The number of carbonyl (C=O) groups excluding carboxylic acids is 1. The van der Waals surface area contributed by atoms with Crippen molar-refractivity contribution in [3.8, 4) is 11.8 Å². The topological polar surface area (TPSA) is 60.2 Å². The molecule has 0 aliphatic carbocycles. The fraction of sp³-hybridized carbons (Fsp3) is 0.100. The van der Waals surface area contributed by atoms with E-state index in [4.69, 9.17) is 0 Å². The summed E-state index contributed by atoms with van der Waals surface area (Å²) in [5.74, 6) is 4.49. The molecule has 1 aromatic carbocycles. The molecule has 0 bridgehead atoms. The molecule has 0 saturated heterocycles. The number of carbonyl (C=O) groups is 1. The zero-order valence-electron chi connectivity index (χ0n) is 7.48. The number of hydrogen-bond donors (Lipinski definition) is 0. The molecule has 0 unspecified atom stereocenters. The molecule has 0 fully saturated rings. The lowest BCUT2D eigenvalue weighted by Crippen LogP contribution is -1.95. The highest BCUT2D eigenvalue weighted by molar-refractivity contribution is 6.09. The molecular formula is C10H7NO3. The molecule has 0 radical (unpaired) electrons. The van der Waals surface area contributed by atoms with Gasteiger partial charge in [0, 0.05) is 17.7 Å². The van der Waals surface area contributed by atoms with Crippen molar-refractivity contribution in [2.75, 3.05) is 0 Å². The molecule has 4 nitrogen and oxygen atoms in total. The van der Waals surface area contributed by atoms with Crippen molar-refractivity contribution >= 4 is 11.5 Å². The SMILES string of the molecule is CC#CC(=O)c1ccc([N+](=O)[O-])cc1. The van der Waals surface area contributed by atoms with Crippen LogP contribution in [0.4, 0.5) is 5.69 Å². The Morgan fingerprint density at radius 2 is 1.93 bits per heavy atom. The van der Waals surface area contributed by atoms with E-state index in [1.807, 2.05) is 0 Å². The zero-order chi connectivity index (χ0) is 10.6. The van der Waals surface area contributed by atoms with E-state index >= 15 is 0 Å². The molecule has 1 rings (SSSR count). The highest BCUT2D eigenvalue weighted by Gasteiger charge is 2.06. The molecule has 0 amide bonds. The number of nitrogens with zero attached hydrogens (tertiary/aromatic N) is 1. The van der Waals surface area contributed by atoms with Gasteiger partial charge >= 0.3 is 0 Å². The Morgan fingerprint density at radius 1 is 1.36 bits per heavy atom. The van der Waals surface area contributed by atoms with Gasteiger partial charge in [-0.2, -0.15) is 0 Å². The van der Waals surface area contributed by atoms with Gasteiger partial charge in [-0.1, -0.05) is 5.92 Å². The Balaban J connectivity index is 2.98. The van der Waals surface area contributed by atoms with Crippen LogP contribution in [0, 0.1) is 22.0 Å². The molecule has 0 heterocycles. The number of nitro groups is 1. The summed E-state index contributed by atoms with van der Waals surface area (Å²) >= 11 is 0. The first-order valence-electron chi connectivity index (χ1n) is 3.86. The lowest BCUT2D eigenvalue weighted by molar-refractivity contribution is -0.384. The van der Waals surface area contributed by atoms with E-state index in [0.717, 1.165) is 0 Å². The number of rotatable bonds is 2. The van der Waals surface area contributed by atoms with Crippen molar-refractivity contribution in [2.45, 2.75) is 6.92 Å². The van der Waals surface area contributed by atoms with Crippen molar-refractivity contribution in [2.24, 2.45) is 0 Å². The fourth-order valence-corrected chi connectivity index (χ4v) is 0.920. The van der Waals surface area contributed by atoms with Gasteiger partial charge in [-0.05, 0) is 25.0 Å². The molecule has 0 N–H and O–H groups in total. The maximum absolute atomic E-state index is 11.2. The Kier molecular flexibility index (Phi) is 2.97. The summed E-state index contributed by atoms with van der Waals surface area (Å²) in [6.07, 6.45) is 0. The van der Waals surface area contributed by atoms with Crippen molar-refractivity contribution in [1.82, 2.24) is 0 Å². The van der Waals surface area contributed by atoms with Crippen LogP contribution < -0.4 is 0 Å². The van der Waals surface area contributed by atoms with E-state index < -0.39 is 4.92 Å². The van der Waals surface area contributed by atoms with Crippen LogP contribution in [0.5, 0.6) is 0 Å². The second kappa shape index (κ2) is 4.19. The molecule has 0 saturated carbocycles. The normalized spacial score (nSPS) is 8.64. The maximum atomic E-state index is 11.2. The summed E-state index contributed by atoms with van der Waals surface area (Å²) in [4.78, 5) is 21.0. The number of non-ortho nitro benzene ring substituents is 1. The van der Waals surface area contributed by atoms with Gasteiger partial charge < -0.3 is 0 Å². The lowest BCUT2D eigenvalue weighted by atomic mass is 10.1. The van der Waals surface area contributed by atoms with Gasteiger partial charge in [0.15, 0.2) is 0 Å². The summed E-state index contributed by atoms with van der Waals surface area (Å²) in [6, 6.07) is 5.35. The van der Waals surface area contributed by atoms with Gasteiger partial charge in [0.25, 0.3) is 5.69 Å². The van der Waals surface area contributed by atoms with Gasteiger partial charge in [-0.3, -0.25) is 14.9 Å². The molecule has 0 aliphatic rings. The van der Waals surface area contributed by atoms with Crippen LogP contribution in [-0.2, 0) is 0 Å². The van der Waals surface area contributed by atoms with Crippen molar-refractivity contribution in [3.05, 3.63) is 39.9 Å². The minimum absolute atomic E-state index is 0.0361. The van der Waals surface area contributed by atoms with E-state index in [2.05, 4.69) is 11.8 Å². The first kappa shape index (κ1) is 9.93. The smallest absolute Gasteiger partial charge is 0.269 e. The maximum Gasteiger partial charge on any atom is 0.269 e. The summed E-state index contributed by atoms with van der Waals surface area (Å²) in [6.45, 7) is 1.56. The standard InChI is InChI=1S/C10H7NO3/c1-2-3-10(12)8-4-6-9(7-5-8)11(13)14/h4-7H,1H3. The molecule has 14 heavy (non-hydrogen) atoms. The summed E-state index contributed by atoms with van der Waals surface area (Å²) in [5.41, 5.74) is 0.330. The quantitative estimate of drug-likeness (QED) is 0.234. The number of benzene rings is 1. The average molecular weight is 189 g/mol. The largest absolute Gasteiger partial charge is 0.279 e. The zero-order valence-corrected chi connectivity index (χ0v) is 7.48. The van der Waals surface area contributed by atoms with Crippen LogP contribution >= 0.6 is 0 Å². The monoisotopic (exact) mass is 189 g/mol. The number of ketones is 1. The van der Waals surface area contributed by atoms with E-state index in [1.165, 1.54) is 24.3 Å². The Bertz CT molecular complexity index is 423. The molecule has 1 aromatic rings. The minimum Gasteiger partial charge on any atom is -0.279 e. The summed E-state index contributed by atoms with van der Waals surface area (Å²) in [5, 5.41) is 10.3.